The number of Topliss-reactive ketones (excluding diaryl/α,β-unsaturated/α-hetero) is 1. The molecule has 2 aliphatic rings. The molecule has 2 heterocycles. The minimum Gasteiger partial charge on any atom is -0.328 e. The fourth-order valence-electron chi connectivity index (χ4n) is 4.10. The SMILES string of the molecule is Cc1ccccc1[C@@H]1C2=C(CCCC2=O)Nc2nc(SCc3ccccc3)nn21. The maximum Gasteiger partial charge on any atom is 0.227 e. The van der Waals surface area contributed by atoms with Crippen LogP contribution in [0.3, 0.4) is 0 Å². The maximum atomic E-state index is 12.9. The predicted octanol–water partition coefficient (Wildman–Crippen LogP) is 4.90. The molecule has 5 rings (SSSR count). The zero-order valence-electron chi connectivity index (χ0n) is 16.3. The molecule has 0 radical (unpaired) electrons. The number of anilines is 1. The Hall–Kier alpha value is -2.86. The molecule has 146 valence electrons. The largest absolute Gasteiger partial charge is 0.328 e. The summed E-state index contributed by atoms with van der Waals surface area (Å²) in [6, 6.07) is 18.3. The van der Waals surface area contributed by atoms with Gasteiger partial charge in [0, 0.05) is 23.4 Å². The van der Waals surface area contributed by atoms with Crippen molar-refractivity contribution in [2.45, 2.75) is 43.1 Å². The van der Waals surface area contributed by atoms with Crippen molar-refractivity contribution in [3.05, 3.63) is 82.6 Å². The summed E-state index contributed by atoms with van der Waals surface area (Å²) in [6.45, 7) is 2.09. The first-order valence-corrected chi connectivity index (χ1v) is 10.9. The average molecular weight is 403 g/mol. The number of ketones is 1. The third-order valence-electron chi connectivity index (χ3n) is 5.54. The molecule has 1 N–H and O–H groups in total. The molecule has 2 aromatic carbocycles. The number of aromatic nitrogens is 3. The van der Waals surface area contributed by atoms with Crippen molar-refractivity contribution in [2.24, 2.45) is 0 Å². The molecule has 0 unspecified atom stereocenters. The van der Waals surface area contributed by atoms with E-state index in [4.69, 9.17) is 10.1 Å². The number of benzene rings is 2. The predicted molar refractivity (Wildman–Crippen MR) is 115 cm³/mol. The molecule has 3 aromatic rings. The van der Waals surface area contributed by atoms with Gasteiger partial charge in [-0.3, -0.25) is 4.79 Å². The minimum absolute atomic E-state index is 0.214. The molecule has 1 atom stereocenters. The zero-order valence-corrected chi connectivity index (χ0v) is 17.1. The molecule has 1 aromatic heterocycles. The van der Waals surface area contributed by atoms with Crippen molar-refractivity contribution in [2.75, 3.05) is 5.32 Å². The lowest BCUT2D eigenvalue weighted by Gasteiger charge is -2.32. The Morgan fingerprint density at radius 2 is 1.90 bits per heavy atom. The van der Waals surface area contributed by atoms with E-state index in [9.17, 15) is 4.79 Å². The van der Waals surface area contributed by atoms with Gasteiger partial charge in [-0.05, 0) is 36.5 Å². The van der Waals surface area contributed by atoms with Crippen LogP contribution in [0.1, 0.15) is 42.0 Å². The Kier molecular flexibility index (Phi) is 4.72. The number of aryl methyl sites for hydroxylation is 1. The molecule has 6 heteroatoms. The average Bonchev–Trinajstić information content (AvgIpc) is 3.15. The number of allylic oxidation sites excluding steroid dienone is 2. The highest BCUT2D eigenvalue weighted by atomic mass is 32.2. The summed E-state index contributed by atoms with van der Waals surface area (Å²) in [7, 11) is 0. The van der Waals surface area contributed by atoms with Gasteiger partial charge in [-0.25, -0.2) is 4.68 Å². The molecule has 0 fully saturated rings. The second kappa shape index (κ2) is 7.52. The third kappa shape index (κ3) is 3.38. The van der Waals surface area contributed by atoms with Gasteiger partial charge in [-0.1, -0.05) is 66.4 Å². The molecule has 0 saturated carbocycles. The molecular formula is C23H22N4OS. The van der Waals surface area contributed by atoms with Gasteiger partial charge < -0.3 is 5.32 Å². The molecule has 29 heavy (non-hydrogen) atoms. The van der Waals surface area contributed by atoms with Crippen molar-refractivity contribution >= 4 is 23.5 Å². The summed E-state index contributed by atoms with van der Waals surface area (Å²) in [5.41, 5.74) is 5.37. The number of thioether (sulfide) groups is 1. The second-order valence-corrected chi connectivity index (χ2v) is 8.43. The van der Waals surface area contributed by atoms with E-state index in [0.717, 1.165) is 52.1 Å². The quantitative estimate of drug-likeness (QED) is 0.629. The van der Waals surface area contributed by atoms with Crippen molar-refractivity contribution in [3.8, 4) is 0 Å². The van der Waals surface area contributed by atoms with E-state index in [2.05, 4.69) is 36.5 Å². The number of carbonyl (C=O) groups excluding carboxylic acids is 1. The van der Waals surface area contributed by atoms with Crippen LogP contribution in [-0.4, -0.2) is 20.5 Å². The molecule has 0 amide bonds. The van der Waals surface area contributed by atoms with Crippen LogP contribution in [0.25, 0.3) is 0 Å². The Labute approximate surface area is 174 Å². The first-order chi connectivity index (χ1) is 14.2. The summed E-state index contributed by atoms with van der Waals surface area (Å²) in [4.78, 5) is 17.6. The Morgan fingerprint density at radius 1 is 1.10 bits per heavy atom. The monoisotopic (exact) mass is 402 g/mol. The number of nitrogens with zero attached hydrogens (tertiary/aromatic N) is 3. The number of hydrogen-bond acceptors (Lipinski definition) is 5. The van der Waals surface area contributed by atoms with Crippen molar-refractivity contribution in [1.29, 1.82) is 0 Å². The number of fused-ring (bicyclic) bond motifs is 1. The maximum absolute atomic E-state index is 12.9. The smallest absolute Gasteiger partial charge is 0.227 e. The van der Waals surface area contributed by atoms with Gasteiger partial charge in [0.2, 0.25) is 11.1 Å². The van der Waals surface area contributed by atoms with Crippen LogP contribution in [0.4, 0.5) is 5.95 Å². The van der Waals surface area contributed by atoms with Crippen LogP contribution < -0.4 is 5.32 Å². The Morgan fingerprint density at radius 3 is 2.72 bits per heavy atom. The molecule has 5 nitrogen and oxygen atoms in total. The van der Waals surface area contributed by atoms with Crippen LogP contribution in [0.15, 0.2) is 71.0 Å². The number of carbonyl (C=O) groups is 1. The summed E-state index contributed by atoms with van der Waals surface area (Å²) >= 11 is 1.62. The molecule has 1 aliphatic heterocycles. The van der Waals surface area contributed by atoms with Gasteiger partial charge in [0.15, 0.2) is 5.78 Å². The summed E-state index contributed by atoms with van der Waals surface area (Å²) in [6.07, 6.45) is 2.36. The van der Waals surface area contributed by atoms with Gasteiger partial charge in [-0.2, -0.15) is 4.98 Å². The topological polar surface area (TPSA) is 59.8 Å². The number of rotatable bonds is 4. The van der Waals surface area contributed by atoms with Crippen LogP contribution in [0.5, 0.6) is 0 Å². The highest BCUT2D eigenvalue weighted by Crippen LogP contribution is 2.41. The summed E-state index contributed by atoms with van der Waals surface area (Å²) in [5.74, 6) is 1.75. The van der Waals surface area contributed by atoms with Crippen LogP contribution in [0.2, 0.25) is 0 Å². The Bertz CT molecular complexity index is 1100. The first-order valence-electron chi connectivity index (χ1n) is 9.93. The highest BCUT2D eigenvalue weighted by Gasteiger charge is 2.37. The van der Waals surface area contributed by atoms with E-state index in [0.29, 0.717) is 6.42 Å². The van der Waals surface area contributed by atoms with Crippen LogP contribution in [0, 0.1) is 6.92 Å². The number of nitrogens with one attached hydrogen (secondary N) is 1. The second-order valence-electron chi connectivity index (χ2n) is 7.49. The number of hydrogen-bond donors (Lipinski definition) is 1. The molecule has 0 spiro atoms. The summed E-state index contributed by atoms with van der Waals surface area (Å²) < 4.78 is 1.90. The molecular weight excluding hydrogens is 380 g/mol. The highest BCUT2D eigenvalue weighted by molar-refractivity contribution is 7.98. The van der Waals surface area contributed by atoms with Crippen molar-refractivity contribution < 1.29 is 4.79 Å². The zero-order chi connectivity index (χ0) is 19.8. The Balaban J connectivity index is 1.54. The van der Waals surface area contributed by atoms with Gasteiger partial charge in [-0.15, -0.1) is 5.10 Å². The first kappa shape index (κ1) is 18.2. The third-order valence-corrected chi connectivity index (χ3v) is 6.45. The molecule has 0 bridgehead atoms. The van der Waals surface area contributed by atoms with Crippen molar-refractivity contribution in [3.63, 3.8) is 0 Å². The lowest BCUT2D eigenvalue weighted by Crippen LogP contribution is -2.31. The van der Waals surface area contributed by atoms with Gasteiger partial charge >= 0.3 is 0 Å². The lowest BCUT2D eigenvalue weighted by molar-refractivity contribution is -0.116. The van der Waals surface area contributed by atoms with Crippen molar-refractivity contribution in [1.82, 2.24) is 14.8 Å². The standard InChI is InChI=1S/C23H22N4OS/c1-15-8-5-6-11-17(15)21-20-18(12-7-13-19(20)28)24-22-25-23(26-27(21)22)29-14-16-9-3-2-4-10-16/h2-6,8-11,21H,7,12-14H2,1H3,(H,24,25,26)/t21-/m1/s1. The van der Waals surface area contributed by atoms with E-state index < -0.39 is 0 Å². The minimum atomic E-state index is -0.214. The van der Waals surface area contributed by atoms with Crippen LogP contribution >= 0.6 is 11.8 Å². The fraction of sp³-hybridized carbons (Fsp3) is 0.261. The summed E-state index contributed by atoms with van der Waals surface area (Å²) in [5, 5.41) is 8.94. The van der Waals surface area contributed by atoms with E-state index in [1.807, 2.05) is 35.0 Å². The normalized spacial score (nSPS) is 18.2. The van der Waals surface area contributed by atoms with Crippen LogP contribution in [-0.2, 0) is 10.5 Å². The van der Waals surface area contributed by atoms with Gasteiger partial charge in [0.1, 0.15) is 6.04 Å². The van der Waals surface area contributed by atoms with E-state index in [1.54, 1.807) is 11.8 Å². The fourth-order valence-corrected chi connectivity index (χ4v) is 4.89. The lowest BCUT2D eigenvalue weighted by atomic mass is 9.84. The van der Waals surface area contributed by atoms with E-state index in [-0.39, 0.29) is 11.8 Å². The molecule has 1 aliphatic carbocycles. The van der Waals surface area contributed by atoms with Gasteiger partial charge in [0.05, 0.1) is 0 Å². The van der Waals surface area contributed by atoms with E-state index in [1.165, 1.54) is 5.56 Å². The van der Waals surface area contributed by atoms with E-state index >= 15 is 0 Å². The van der Waals surface area contributed by atoms with Gasteiger partial charge in [0.25, 0.3) is 0 Å². The molecule has 0 saturated heterocycles.